The molecule has 0 aliphatic carbocycles. The molecule has 1 aliphatic heterocycles. The van der Waals surface area contributed by atoms with Gasteiger partial charge in [0.1, 0.15) is 5.58 Å². The van der Waals surface area contributed by atoms with Crippen LogP contribution in [0.4, 0.5) is 0 Å². The summed E-state index contributed by atoms with van der Waals surface area (Å²) in [5.41, 5.74) is 9.53. The lowest BCUT2D eigenvalue weighted by atomic mass is 9.95. The maximum Gasteiger partial charge on any atom is 0.227 e. The molecular weight excluding hydrogens is 304 g/mol. The van der Waals surface area contributed by atoms with Gasteiger partial charge in [0, 0.05) is 24.0 Å². The third kappa shape index (κ3) is 3.03. The first-order valence-electron chi connectivity index (χ1n) is 8.44. The van der Waals surface area contributed by atoms with Crippen LogP contribution in [0.15, 0.2) is 22.8 Å². The van der Waals surface area contributed by atoms with E-state index in [2.05, 4.69) is 26.8 Å². The summed E-state index contributed by atoms with van der Waals surface area (Å²) in [5.74, 6) is -0.0998. The molecule has 0 bridgehead atoms. The number of nitrogens with two attached hydrogens (primary N) is 1. The lowest BCUT2D eigenvalue weighted by molar-refractivity contribution is -0.129. The lowest BCUT2D eigenvalue weighted by Crippen LogP contribution is -2.32. The summed E-state index contributed by atoms with van der Waals surface area (Å²) in [6.07, 6.45) is 2.62. The number of fused-ring (bicyclic) bond motifs is 1. The molecule has 2 heterocycles. The van der Waals surface area contributed by atoms with Gasteiger partial charge in [0.25, 0.3) is 0 Å². The van der Waals surface area contributed by atoms with E-state index in [9.17, 15) is 9.59 Å². The summed E-state index contributed by atoms with van der Waals surface area (Å²) in [6, 6.07) is 4.18. The predicted octanol–water partition coefficient (Wildman–Crippen LogP) is 2.74. The van der Waals surface area contributed by atoms with Crippen molar-refractivity contribution in [1.82, 2.24) is 4.90 Å². The largest absolute Gasteiger partial charge is 0.464 e. The molecule has 128 valence electrons. The lowest BCUT2D eigenvalue weighted by Gasteiger charge is -2.15. The molecule has 0 saturated carbocycles. The highest BCUT2D eigenvalue weighted by molar-refractivity contribution is 5.89. The smallest absolute Gasteiger partial charge is 0.227 e. The quantitative estimate of drug-likeness (QED) is 0.937. The number of furan rings is 1. The molecule has 2 amide bonds. The number of hydrogen-bond donors (Lipinski definition) is 1. The second-order valence-corrected chi connectivity index (χ2v) is 7.03. The molecule has 24 heavy (non-hydrogen) atoms. The number of primary amides is 1. The van der Waals surface area contributed by atoms with Crippen LogP contribution in [0.2, 0.25) is 0 Å². The van der Waals surface area contributed by atoms with Crippen molar-refractivity contribution in [2.75, 3.05) is 13.1 Å². The number of benzene rings is 1. The van der Waals surface area contributed by atoms with Gasteiger partial charge in [-0.05, 0) is 42.5 Å². The Morgan fingerprint density at radius 3 is 2.75 bits per heavy atom. The van der Waals surface area contributed by atoms with Crippen molar-refractivity contribution >= 4 is 22.8 Å². The Kier molecular flexibility index (Phi) is 4.35. The molecule has 1 atom stereocenters. The van der Waals surface area contributed by atoms with Crippen LogP contribution in [-0.4, -0.2) is 29.8 Å². The van der Waals surface area contributed by atoms with Crippen molar-refractivity contribution in [3.63, 3.8) is 0 Å². The van der Waals surface area contributed by atoms with E-state index in [1.54, 1.807) is 11.2 Å². The maximum absolute atomic E-state index is 12.5. The van der Waals surface area contributed by atoms with Gasteiger partial charge in [-0.3, -0.25) is 9.59 Å². The monoisotopic (exact) mass is 328 g/mol. The minimum atomic E-state index is -0.323. The summed E-state index contributed by atoms with van der Waals surface area (Å²) in [6.45, 7) is 7.43. The molecule has 5 nitrogen and oxygen atoms in total. The first-order chi connectivity index (χ1) is 11.4. The van der Waals surface area contributed by atoms with Crippen LogP contribution < -0.4 is 5.73 Å². The van der Waals surface area contributed by atoms with E-state index < -0.39 is 0 Å². The Balaban J connectivity index is 1.81. The van der Waals surface area contributed by atoms with Crippen LogP contribution in [-0.2, 0) is 16.0 Å². The van der Waals surface area contributed by atoms with Crippen LogP contribution in [0.25, 0.3) is 11.0 Å². The summed E-state index contributed by atoms with van der Waals surface area (Å²) >= 11 is 0. The summed E-state index contributed by atoms with van der Waals surface area (Å²) < 4.78 is 5.64. The molecule has 1 saturated heterocycles. The molecule has 1 aromatic heterocycles. The highest BCUT2D eigenvalue weighted by Crippen LogP contribution is 2.29. The Morgan fingerprint density at radius 1 is 1.38 bits per heavy atom. The molecule has 1 aliphatic rings. The second-order valence-electron chi connectivity index (χ2n) is 7.03. The number of likely N-dealkylation sites (tertiary alicyclic amines) is 1. The van der Waals surface area contributed by atoms with E-state index in [1.807, 2.05) is 6.07 Å². The first kappa shape index (κ1) is 16.6. The van der Waals surface area contributed by atoms with E-state index in [4.69, 9.17) is 10.2 Å². The van der Waals surface area contributed by atoms with Crippen molar-refractivity contribution in [2.45, 2.75) is 39.5 Å². The van der Waals surface area contributed by atoms with Gasteiger partial charge in [0.2, 0.25) is 11.8 Å². The van der Waals surface area contributed by atoms with E-state index in [0.29, 0.717) is 31.8 Å². The summed E-state index contributed by atoms with van der Waals surface area (Å²) in [7, 11) is 0. The number of rotatable bonds is 4. The van der Waals surface area contributed by atoms with Gasteiger partial charge in [0.05, 0.1) is 18.6 Å². The number of carbonyl (C=O) groups is 2. The number of hydrogen-bond acceptors (Lipinski definition) is 3. The van der Waals surface area contributed by atoms with Gasteiger partial charge >= 0.3 is 0 Å². The zero-order valence-corrected chi connectivity index (χ0v) is 14.5. The highest BCUT2D eigenvalue weighted by Gasteiger charge is 2.30. The number of aryl methyl sites for hydroxylation is 1. The first-order valence-corrected chi connectivity index (χ1v) is 8.44. The zero-order valence-electron chi connectivity index (χ0n) is 14.5. The fourth-order valence-electron chi connectivity index (χ4n) is 3.50. The number of amides is 2. The number of nitrogens with zero attached hydrogens (tertiary/aromatic N) is 1. The van der Waals surface area contributed by atoms with Gasteiger partial charge in [-0.25, -0.2) is 0 Å². The fraction of sp³-hybridized carbons (Fsp3) is 0.474. The SMILES string of the molecule is Cc1cc2occ(CC(=O)N3CC[C@@H](C(N)=O)C3)c2cc1C(C)C. The van der Waals surface area contributed by atoms with E-state index in [-0.39, 0.29) is 17.7 Å². The Bertz CT molecular complexity index is 791. The number of carbonyl (C=O) groups excluding carboxylic acids is 2. The Labute approximate surface area is 141 Å². The second kappa shape index (κ2) is 6.30. The van der Waals surface area contributed by atoms with Crippen molar-refractivity contribution < 1.29 is 14.0 Å². The minimum absolute atomic E-state index is 0.0214. The van der Waals surface area contributed by atoms with Crippen LogP contribution in [0.1, 0.15) is 42.9 Å². The van der Waals surface area contributed by atoms with Crippen LogP contribution >= 0.6 is 0 Å². The average Bonchev–Trinajstić information content (AvgIpc) is 3.13. The maximum atomic E-state index is 12.5. The minimum Gasteiger partial charge on any atom is -0.464 e. The molecule has 2 N–H and O–H groups in total. The molecule has 0 radical (unpaired) electrons. The standard InChI is InChI=1S/C19H24N2O3/c1-11(2)15-8-16-14(10-24-17(16)6-12(15)3)7-18(22)21-5-4-13(9-21)19(20)23/h6,8,10-11,13H,4-5,7,9H2,1-3H3,(H2,20,23)/t13-/m1/s1. The molecule has 2 aromatic rings. The van der Waals surface area contributed by atoms with Gasteiger partial charge in [-0.2, -0.15) is 0 Å². The van der Waals surface area contributed by atoms with Crippen molar-refractivity contribution in [1.29, 1.82) is 0 Å². The average molecular weight is 328 g/mol. The van der Waals surface area contributed by atoms with Crippen molar-refractivity contribution in [2.24, 2.45) is 11.7 Å². The fourth-order valence-corrected chi connectivity index (χ4v) is 3.50. The molecule has 0 spiro atoms. The predicted molar refractivity (Wildman–Crippen MR) is 92.6 cm³/mol. The zero-order chi connectivity index (χ0) is 17.4. The Hall–Kier alpha value is -2.30. The molecule has 1 fully saturated rings. The van der Waals surface area contributed by atoms with E-state index in [1.165, 1.54) is 11.1 Å². The summed E-state index contributed by atoms with van der Waals surface area (Å²) in [4.78, 5) is 25.5. The van der Waals surface area contributed by atoms with Crippen LogP contribution in [0.5, 0.6) is 0 Å². The van der Waals surface area contributed by atoms with Crippen molar-refractivity contribution in [3.8, 4) is 0 Å². The third-order valence-electron chi connectivity index (χ3n) is 4.95. The molecule has 1 aromatic carbocycles. The molecule has 3 rings (SSSR count). The van der Waals surface area contributed by atoms with Crippen molar-refractivity contribution in [3.05, 3.63) is 35.1 Å². The molecule has 0 unspecified atom stereocenters. The molecular formula is C19H24N2O3. The molecule has 5 heteroatoms. The van der Waals surface area contributed by atoms with Crippen LogP contribution in [0.3, 0.4) is 0 Å². The summed E-state index contributed by atoms with van der Waals surface area (Å²) in [5, 5.41) is 1.00. The van der Waals surface area contributed by atoms with Gasteiger partial charge < -0.3 is 15.1 Å². The van der Waals surface area contributed by atoms with E-state index in [0.717, 1.165) is 16.5 Å². The van der Waals surface area contributed by atoms with E-state index >= 15 is 0 Å². The normalized spacial score (nSPS) is 17.8. The third-order valence-corrected chi connectivity index (χ3v) is 4.95. The van der Waals surface area contributed by atoms with Gasteiger partial charge in [-0.1, -0.05) is 13.8 Å². The topological polar surface area (TPSA) is 76.5 Å². The van der Waals surface area contributed by atoms with Gasteiger partial charge in [-0.15, -0.1) is 0 Å². The van der Waals surface area contributed by atoms with Crippen LogP contribution in [0, 0.1) is 12.8 Å². The highest BCUT2D eigenvalue weighted by atomic mass is 16.3. The Morgan fingerprint density at radius 2 is 2.12 bits per heavy atom. The van der Waals surface area contributed by atoms with Gasteiger partial charge in [0.15, 0.2) is 0 Å².